The maximum absolute atomic E-state index is 5.80. The second-order valence-electron chi connectivity index (χ2n) is 6.67. The molecule has 0 aliphatic rings. The predicted octanol–water partition coefficient (Wildman–Crippen LogP) is 4.21. The van der Waals surface area contributed by atoms with Crippen LogP contribution in [0.15, 0.2) is 36.4 Å². The van der Waals surface area contributed by atoms with E-state index in [1.807, 2.05) is 38.1 Å². The second-order valence-corrected chi connectivity index (χ2v) is 7.66. The average molecular weight is 417 g/mol. The Morgan fingerprint density at radius 3 is 1.50 bits per heavy atom. The number of ether oxygens (including phenoxy) is 2. The minimum atomic E-state index is 0.361. The first-order chi connectivity index (χ1) is 13.4. The van der Waals surface area contributed by atoms with E-state index in [-0.39, 0.29) is 0 Å². The van der Waals surface area contributed by atoms with E-state index in [1.54, 1.807) is 0 Å². The maximum atomic E-state index is 5.80. The van der Waals surface area contributed by atoms with Crippen molar-refractivity contribution >= 4 is 34.4 Å². The van der Waals surface area contributed by atoms with Gasteiger partial charge in [-0.3, -0.25) is 0 Å². The molecule has 28 heavy (non-hydrogen) atoms. The zero-order chi connectivity index (χ0) is 20.5. The third kappa shape index (κ3) is 6.77. The van der Waals surface area contributed by atoms with Crippen LogP contribution in [0.4, 0.5) is 0 Å². The number of hydrogen-bond donors (Lipinski definition) is 2. The summed E-state index contributed by atoms with van der Waals surface area (Å²) in [4.78, 5) is 1.33. The molecule has 6 heteroatoms. The Hall–Kier alpha value is -2.18. The molecular weight excluding hydrogens is 388 g/mol. The van der Waals surface area contributed by atoms with Crippen molar-refractivity contribution in [3.8, 4) is 11.5 Å². The molecular formula is C22H28N2O2S2. The first kappa shape index (κ1) is 22.1. The predicted molar refractivity (Wildman–Crippen MR) is 124 cm³/mol. The molecule has 150 valence electrons. The van der Waals surface area contributed by atoms with Gasteiger partial charge in [-0.1, -0.05) is 48.7 Å². The van der Waals surface area contributed by atoms with Crippen molar-refractivity contribution < 1.29 is 9.47 Å². The molecule has 0 bridgehead atoms. The van der Waals surface area contributed by atoms with E-state index in [1.165, 1.54) is 11.1 Å². The van der Waals surface area contributed by atoms with Crippen LogP contribution in [0.25, 0.3) is 0 Å². The highest BCUT2D eigenvalue weighted by molar-refractivity contribution is 7.80. The molecule has 4 nitrogen and oxygen atoms in total. The summed E-state index contributed by atoms with van der Waals surface area (Å²) in [5, 5.41) is 6.35. The van der Waals surface area contributed by atoms with Crippen LogP contribution in [0.2, 0.25) is 0 Å². The lowest BCUT2D eigenvalue weighted by molar-refractivity contribution is 0.370. The molecule has 2 aromatic rings. The van der Waals surface area contributed by atoms with E-state index in [0.29, 0.717) is 36.3 Å². The van der Waals surface area contributed by atoms with Gasteiger partial charge in [0.15, 0.2) is 0 Å². The van der Waals surface area contributed by atoms with E-state index < -0.39 is 0 Å². The molecule has 0 amide bonds. The highest BCUT2D eigenvalue weighted by Crippen LogP contribution is 2.21. The molecule has 0 radical (unpaired) electrons. The van der Waals surface area contributed by atoms with Crippen LogP contribution in [0.1, 0.15) is 22.3 Å². The minimum absolute atomic E-state index is 0.361. The summed E-state index contributed by atoms with van der Waals surface area (Å²) in [7, 11) is 0. The number of rotatable bonds is 9. The van der Waals surface area contributed by atoms with Crippen molar-refractivity contribution in [3.63, 3.8) is 0 Å². The second kappa shape index (κ2) is 11.0. The van der Waals surface area contributed by atoms with Gasteiger partial charge in [-0.25, -0.2) is 0 Å². The molecule has 2 aromatic carbocycles. The van der Waals surface area contributed by atoms with Crippen LogP contribution in [-0.2, 0) is 0 Å². The van der Waals surface area contributed by atoms with Crippen molar-refractivity contribution in [1.29, 1.82) is 0 Å². The van der Waals surface area contributed by atoms with Gasteiger partial charge < -0.3 is 20.1 Å². The van der Waals surface area contributed by atoms with Gasteiger partial charge in [0.25, 0.3) is 0 Å². The summed E-state index contributed by atoms with van der Waals surface area (Å²) in [5.74, 6) is 1.74. The molecule has 0 spiro atoms. The summed E-state index contributed by atoms with van der Waals surface area (Å²) in [5.41, 5.74) is 4.69. The SMILES string of the molecule is Cc1cccc(OCC(=S)NCCNC(=S)COc2cccc(C)c2C)c1C. The number of aryl methyl sites for hydroxylation is 2. The molecule has 0 aliphatic heterocycles. The zero-order valence-electron chi connectivity index (χ0n) is 16.9. The average Bonchev–Trinajstić information content (AvgIpc) is 2.67. The fourth-order valence-corrected chi connectivity index (χ4v) is 2.88. The molecule has 0 aliphatic carbocycles. The van der Waals surface area contributed by atoms with Gasteiger partial charge in [-0.15, -0.1) is 0 Å². The summed E-state index contributed by atoms with van der Waals surface area (Å²) in [6, 6.07) is 12.0. The Bertz CT molecular complexity index is 768. The monoisotopic (exact) mass is 416 g/mol. The lowest BCUT2D eigenvalue weighted by atomic mass is 10.1. The Morgan fingerprint density at radius 1 is 0.714 bits per heavy atom. The number of benzene rings is 2. The molecule has 0 saturated heterocycles. The lowest BCUT2D eigenvalue weighted by Crippen LogP contribution is -2.37. The first-order valence-electron chi connectivity index (χ1n) is 9.30. The minimum Gasteiger partial charge on any atom is -0.486 e. The highest BCUT2D eigenvalue weighted by Gasteiger charge is 2.05. The summed E-state index contributed by atoms with van der Waals surface area (Å²) in [6.45, 7) is 10.3. The van der Waals surface area contributed by atoms with Crippen molar-refractivity contribution in [1.82, 2.24) is 10.6 Å². The quantitative estimate of drug-likeness (QED) is 0.471. The maximum Gasteiger partial charge on any atom is 0.138 e. The molecule has 0 aromatic heterocycles. The Kier molecular flexibility index (Phi) is 8.67. The van der Waals surface area contributed by atoms with Gasteiger partial charge in [0.05, 0.1) is 0 Å². The molecule has 2 N–H and O–H groups in total. The highest BCUT2D eigenvalue weighted by atomic mass is 32.1. The van der Waals surface area contributed by atoms with Crippen LogP contribution in [-0.4, -0.2) is 36.3 Å². The van der Waals surface area contributed by atoms with Crippen LogP contribution in [0.3, 0.4) is 0 Å². The van der Waals surface area contributed by atoms with E-state index in [9.17, 15) is 0 Å². The summed E-state index contributed by atoms with van der Waals surface area (Å²) >= 11 is 10.7. The molecule has 0 unspecified atom stereocenters. The standard InChI is InChI=1S/C22H28N2O2S2/c1-15-7-5-9-19(17(15)3)25-13-21(27)23-11-12-24-22(28)14-26-20-10-6-8-16(2)18(20)4/h5-10H,11-14H2,1-4H3,(H,23,27)(H,24,28). The Balaban J connectivity index is 1.62. The van der Waals surface area contributed by atoms with Crippen molar-refractivity contribution in [2.24, 2.45) is 0 Å². The largest absolute Gasteiger partial charge is 0.486 e. The third-order valence-corrected chi connectivity index (χ3v) is 5.12. The molecule has 0 saturated carbocycles. The van der Waals surface area contributed by atoms with E-state index >= 15 is 0 Å². The van der Waals surface area contributed by atoms with Crippen molar-refractivity contribution in [2.45, 2.75) is 27.7 Å². The number of thiocarbonyl (C=S) groups is 2. The molecule has 2 rings (SSSR count). The zero-order valence-corrected chi connectivity index (χ0v) is 18.6. The van der Waals surface area contributed by atoms with Gasteiger partial charge in [-0.05, 0) is 62.1 Å². The smallest absolute Gasteiger partial charge is 0.138 e. The Morgan fingerprint density at radius 2 is 1.11 bits per heavy atom. The fourth-order valence-electron chi connectivity index (χ4n) is 2.55. The molecule has 0 fully saturated rings. The van der Waals surface area contributed by atoms with Crippen molar-refractivity contribution in [2.75, 3.05) is 26.3 Å². The summed E-state index contributed by atoms with van der Waals surface area (Å²) < 4.78 is 11.6. The van der Waals surface area contributed by atoms with Gasteiger partial charge >= 0.3 is 0 Å². The topological polar surface area (TPSA) is 42.5 Å². The van der Waals surface area contributed by atoms with Crippen molar-refractivity contribution in [3.05, 3.63) is 58.7 Å². The molecule has 0 heterocycles. The van der Waals surface area contributed by atoms with Gasteiger partial charge in [-0.2, -0.15) is 0 Å². The number of hydrogen-bond acceptors (Lipinski definition) is 4. The first-order valence-corrected chi connectivity index (χ1v) is 10.1. The normalized spacial score (nSPS) is 10.3. The van der Waals surface area contributed by atoms with E-state index in [2.05, 4.69) is 36.6 Å². The molecule has 0 atom stereocenters. The fraction of sp³-hybridized carbons (Fsp3) is 0.364. The lowest BCUT2D eigenvalue weighted by Gasteiger charge is -2.14. The Labute approximate surface area is 178 Å². The van der Waals surface area contributed by atoms with E-state index in [4.69, 9.17) is 33.9 Å². The number of nitrogens with one attached hydrogen (secondary N) is 2. The van der Waals surface area contributed by atoms with Crippen LogP contribution in [0.5, 0.6) is 11.5 Å². The third-order valence-electron chi connectivity index (χ3n) is 4.60. The van der Waals surface area contributed by atoms with Gasteiger partial charge in [0, 0.05) is 13.1 Å². The van der Waals surface area contributed by atoms with Crippen LogP contribution < -0.4 is 20.1 Å². The van der Waals surface area contributed by atoms with Gasteiger partial charge in [0.2, 0.25) is 0 Å². The van der Waals surface area contributed by atoms with Crippen LogP contribution >= 0.6 is 24.4 Å². The van der Waals surface area contributed by atoms with E-state index in [0.717, 1.165) is 22.6 Å². The van der Waals surface area contributed by atoms with Crippen LogP contribution in [0, 0.1) is 27.7 Å². The summed E-state index contributed by atoms with van der Waals surface area (Å²) in [6.07, 6.45) is 0. The van der Waals surface area contributed by atoms with Gasteiger partial charge in [0.1, 0.15) is 34.7 Å².